The number of nitrogens with zero attached hydrogens (tertiary/aromatic N) is 1. The van der Waals surface area contributed by atoms with Gasteiger partial charge in [0, 0.05) is 28.4 Å². The van der Waals surface area contributed by atoms with E-state index in [1.807, 2.05) is 25.4 Å². The highest BCUT2D eigenvalue weighted by Crippen LogP contribution is 2.24. The molecule has 0 aliphatic heterocycles. The van der Waals surface area contributed by atoms with Crippen molar-refractivity contribution in [1.82, 2.24) is 15.3 Å². The van der Waals surface area contributed by atoms with E-state index in [4.69, 9.17) is 11.6 Å². The molecule has 90 valence electrons. The van der Waals surface area contributed by atoms with Crippen molar-refractivity contribution in [1.29, 1.82) is 0 Å². The quantitative estimate of drug-likeness (QED) is 0.821. The molecule has 0 aliphatic carbocycles. The lowest BCUT2D eigenvalue weighted by Gasteiger charge is -2.16. The van der Waals surface area contributed by atoms with Crippen LogP contribution in [0.25, 0.3) is 0 Å². The lowest BCUT2D eigenvalue weighted by atomic mass is 10.0. The number of imidazole rings is 1. The van der Waals surface area contributed by atoms with E-state index in [0.29, 0.717) is 0 Å². The van der Waals surface area contributed by atoms with Crippen LogP contribution >= 0.6 is 34.2 Å². The van der Waals surface area contributed by atoms with E-state index >= 15 is 0 Å². The maximum atomic E-state index is 6.14. The summed E-state index contributed by atoms with van der Waals surface area (Å²) >= 11 is 8.37. The second-order valence-corrected chi connectivity index (χ2v) is 5.32. The third-order valence-electron chi connectivity index (χ3n) is 2.65. The van der Waals surface area contributed by atoms with E-state index in [2.05, 4.69) is 43.9 Å². The van der Waals surface area contributed by atoms with Crippen LogP contribution in [0.3, 0.4) is 0 Å². The molecule has 0 amide bonds. The first kappa shape index (κ1) is 12.9. The van der Waals surface area contributed by atoms with Crippen LogP contribution in [0.5, 0.6) is 0 Å². The molecule has 0 saturated carbocycles. The number of benzene rings is 1. The average Bonchev–Trinajstić information content (AvgIpc) is 2.82. The number of H-pyrrole nitrogens is 1. The summed E-state index contributed by atoms with van der Waals surface area (Å²) in [5.74, 6) is 0.971. The van der Waals surface area contributed by atoms with Gasteiger partial charge in [-0.1, -0.05) is 17.7 Å². The summed E-state index contributed by atoms with van der Waals surface area (Å²) in [5.41, 5.74) is 1.18. The van der Waals surface area contributed by atoms with Gasteiger partial charge < -0.3 is 10.3 Å². The topological polar surface area (TPSA) is 40.7 Å². The summed E-state index contributed by atoms with van der Waals surface area (Å²) in [4.78, 5) is 7.35. The monoisotopic (exact) mass is 361 g/mol. The van der Waals surface area contributed by atoms with Gasteiger partial charge in [-0.2, -0.15) is 0 Å². The summed E-state index contributed by atoms with van der Waals surface area (Å²) < 4.78 is 1.07. The molecule has 1 heterocycles. The van der Waals surface area contributed by atoms with Crippen molar-refractivity contribution >= 4 is 34.2 Å². The summed E-state index contributed by atoms with van der Waals surface area (Å²) in [6, 6.07) is 6.35. The lowest BCUT2D eigenvalue weighted by molar-refractivity contribution is 0.578. The molecule has 0 radical (unpaired) electrons. The lowest BCUT2D eigenvalue weighted by Crippen LogP contribution is -2.19. The zero-order chi connectivity index (χ0) is 12.3. The Morgan fingerprint density at radius 1 is 1.53 bits per heavy atom. The van der Waals surface area contributed by atoms with Gasteiger partial charge in [0.1, 0.15) is 5.82 Å². The Hall–Kier alpha value is -0.590. The van der Waals surface area contributed by atoms with Gasteiger partial charge in [-0.05, 0) is 47.3 Å². The van der Waals surface area contributed by atoms with Crippen molar-refractivity contribution in [2.45, 2.75) is 12.5 Å². The molecule has 3 nitrogen and oxygen atoms in total. The Morgan fingerprint density at radius 3 is 2.94 bits per heavy atom. The molecule has 1 unspecified atom stereocenters. The molecule has 5 heteroatoms. The zero-order valence-electron chi connectivity index (χ0n) is 9.37. The van der Waals surface area contributed by atoms with Gasteiger partial charge in [-0.15, -0.1) is 0 Å². The van der Waals surface area contributed by atoms with Crippen LogP contribution in [0.4, 0.5) is 0 Å². The van der Waals surface area contributed by atoms with Crippen LogP contribution in [-0.4, -0.2) is 17.0 Å². The molecule has 17 heavy (non-hydrogen) atoms. The van der Waals surface area contributed by atoms with Crippen LogP contribution in [0, 0.1) is 3.57 Å². The summed E-state index contributed by atoms with van der Waals surface area (Å²) in [7, 11) is 1.94. The molecule has 2 aromatic rings. The van der Waals surface area contributed by atoms with Gasteiger partial charge in [0.15, 0.2) is 0 Å². The minimum Gasteiger partial charge on any atom is -0.349 e. The number of hydrogen-bond acceptors (Lipinski definition) is 2. The van der Waals surface area contributed by atoms with E-state index in [1.165, 1.54) is 5.56 Å². The van der Waals surface area contributed by atoms with Crippen molar-refractivity contribution in [2.24, 2.45) is 0 Å². The standard InChI is InChI=1S/C12H13ClIN3/c1-15-11(7-12-16-4-5-17-12)8-2-3-10(14)9(13)6-8/h2-6,11,15H,7H2,1H3,(H,16,17). The molecule has 1 aromatic heterocycles. The molecule has 2 rings (SSSR count). The van der Waals surface area contributed by atoms with E-state index < -0.39 is 0 Å². The van der Waals surface area contributed by atoms with Crippen LogP contribution in [0.15, 0.2) is 30.6 Å². The maximum Gasteiger partial charge on any atom is 0.107 e. The molecule has 2 N–H and O–H groups in total. The van der Waals surface area contributed by atoms with Gasteiger partial charge in [-0.3, -0.25) is 0 Å². The number of aromatic amines is 1. The molecule has 1 aromatic carbocycles. The van der Waals surface area contributed by atoms with E-state index in [9.17, 15) is 0 Å². The van der Waals surface area contributed by atoms with Crippen molar-refractivity contribution in [3.8, 4) is 0 Å². The number of rotatable bonds is 4. The third kappa shape index (κ3) is 3.20. The van der Waals surface area contributed by atoms with Crippen molar-refractivity contribution in [3.63, 3.8) is 0 Å². The third-order valence-corrected chi connectivity index (χ3v) is 4.22. The first-order chi connectivity index (χ1) is 8.20. The largest absolute Gasteiger partial charge is 0.349 e. The van der Waals surface area contributed by atoms with Crippen LogP contribution in [0.2, 0.25) is 5.02 Å². The van der Waals surface area contributed by atoms with Crippen molar-refractivity contribution in [2.75, 3.05) is 7.05 Å². The molecule has 0 aliphatic rings. The number of nitrogens with one attached hydrogen (secondary N) is 2. The molecule has 0 bridgehead atoms. The van der Waals surface area contributed by atoms with E-state index in [-0.39, 0.29) is 6.04 Å². The van der Waals surface area contributed by atoms with E-state index in [0.717, 1.165) is 20.8 Å². The number of likely N-dealkylation sites (N-methyl/N-ethyl adjacent to an activating group) is 1. The van der Waals surface area contributed by atoms with Crippen molar-refractivity contribution < 1.29 is 0 Å². The van der Waals surface area contributed by atoms with Gasteiger partial charge >= 0.3 is 0 Å². The Balaban J connectivity index is 2.20. The van der Waals surface area contributed by atoms with Gasteiger partial charge in [0.25, 0.3) is 0 Å². The molecule has 1 atom stereocenters. The van der Waals surface area contributed by atoms with Crippen LogP contribution in [-0.2, 0) is 6.42 Å². The second kappa shape index (κ2) is 5.84. The number of hydrogen-bond donors (Lipinski definition) is 2. The fourth-order valence-corrected chi connectivity index (χ4v) is 2.24. The molecule has 0 fully saturated rings. The predicted octanol–water partition coefficient (Wildman–Crippen LogP) is 3.17. The smallest absolute Gasteiger partial charge is 0.107 e. The average molecular weight is 362 g/mol. The minimum absolute atomic E-state index is 0.218. The highest BCUT2D eigenvalue weighted by molar-refractivity contribution is 14.1. The first-order valence-corrected chi connectivity index (χ1v) is 6.77. The summed E-state index contributed by atoms with van der Waals surface area (Å²) in [6.45, 7) is 0. The SMILES string of the molecule is CNC(Cc1ncc[nH]1)c1ccc(I)c(Cl)c1. The van der Waals surface area contributed by atoms with Crippen molar-refractivity contribution in [3.05, 3.63) is 50.6 Å². The maximum absolute atomic E-state index is 6.14. The molecular weight excluding hydrogens is 349 g/mol. The Morgan fingerprint density at radius 2 is 2.35 bits per heavy atom. The normalized spacial score (nSPS) is 12.6. The summed E-state index contributed by atoms with van der Waals surface area (Å²) in [6.07, 6.45) is 4.42. The number of halogens is 2. The summed E-state index contributed by atoms with van der Waals surface area (Å²) in [5, 5.41) is 4.08. The molecule has 0 saturated heterocycles. The number of aromatic nitrogens is 2. The fourth-order valence-electron chi connectivity index (χ4n) is 1.72. The fraction of sp³-hybridized carbons (Fsp3) is 0.250. The highest BCUT2D eigenvalue weighted by Gasteiger charge is 2.12. The molecule has 0 spiro atoms. The Kier molecular flexibility index (Phi) is 4.42. The first-order valence-electron chi connectivity index (χ1n) is 5.31. The van der Waals surface area contributed by atoms with Crippen LogP contribution < -0.4 is 5.32 Å². The van der Waals surface area contributed by atoms with Gasteiger partial charge in [0.05, 0.1) is 5.02 Å². The zero-order valence-corrected chi connectivity index (χ0v) is 12.3. The van der Waals surface area contributed by atoms with Gasteiger partial charge in [0.2, 0.25) is 0 Å². The highest BCUT2D eigenvalue weighted by atomic mass is 127. The Labute approximate surface area is 119 Å². The predicted molar refractivity (Wildman–Crippen MR) is 78.3 cm³/mol. The van der Waals surface area contributed by atoms with Gasteiger partial charge in [-0.25, -0.2) is 4.98 Å². The van der Waals surface area contributed by atoms with E-state index in [1.54, 1.807) is 6.20 Å². The van der Waals surface area contributed by atoms with Crippen LogP contribution in [0.1, 0.15) is 17.4 Å². The second-order valence-electron chi connectivity index (χ2n) is 3.75. The minimum atomic E-state index is 0.218. The molecular formula is C12H13ClIN3. The Bertz CT molecular complexity index is 485.